The Morgan fingerprint density at radius 3 is 2.00 bits per heavy atom. The highest BCUT2D eigenvalue weighted by molar-refractivity contribution is 7.90. The Morgan fingerprint density at radius 1 is 1.62 bits per heavy atom. The van der Waals surface area contributed by atoms with E-state index in [9.17, 15) is 13.2 Å². The summed E-state index contributed by atoms with van der Waals surface area (Å²) in [4.78, 5) is 9.57. The molecular formula is C3H6NO3S. The van der Waals surface area contributed by atoms with Crippen LogP contribution in [0.2, 0.25) is 0 Å². The molecule has 0 aromatic rings. The van der Waals surface area contributed by atoms with Crippen molar-refractivity contribution in [3.8, 4) is 0 Å². The molecule has 1 unspecified atom stereocenters. The highest BCUT2D eigenvalue weighted by Gasteiger charge is 2.13. The normalized spacial score (nSPS) is 15.2. The van der Waals surface area contributed by atoms with Crippen molar-refractivity contribution < 1.29 is 13.2 Å². The second-order valence-electron chi connectivity index (χ2n) is 1.35. The highest BCUT2D eigenvalue weighted by atomic mass is 32.2. The third-order valence-electron chi connectivity index (χ3n) is 0.659. The fourth-order valence-corrected chi connectivity index (χ4v) is 0.201. The van der Waals surface area contributed by atoms with E-state index in [1.54, 1.807) is 0 Å². The highest BCUT2D eigenvalue weighted by Crippen LogP contribution is 1.86. The number of nitrogens with two attached hydrogens (primary N) is 1. The minimum atomic E-state index is -3.68. The largest absolute Gasteiger partial charge is 0.289 e. The zero-order chi connectivity index (χ0) is 6.78. The first-order chi connectivity index (χ1) is 3.48. The lowest BCUT2D eigenvalue weighted by molar-refractivity contribution is 0.548. The molecule has 47 valence electrons. The molecule has 0 bridgehead atoms. The van der Waals surface area contributed by atoms with Gasteiger partial charge in [-0.25, -0.2) is 13.6 Å². The van der Waals surface area contributed by atoms with Gasteiger partial charge in [0.2, 0.25) is 16.3 Å². The summed E-state index contributed by atoms with van der Waals surface area (Å²) in [5.41, 5.74) is 0. The van der Waals surface area contributed by atoms with Crippen LogP contribution in [0.1, 0.15) is 6.92 Å². The standard InChI is InChI=1S/C3H6NO3S/c1-3(2-5)8(4,6)7/h3H,1H3,(H2,4,6,7). The summed E-state index contributed by atoms with van der Waals surface area (Å²) < 4.78 is 20.2. The zero-order valence-electron chi connectivity index (χ0n) is 4.29. The summed E-state index contributed by atoms with van der Waals surface area (Å²) in [6, 6.07) is 0. The third-order valence-corrected chi connectivity index (χ3v) is 1.74. The summed E-state index contributed by atoms with van der Waals surface area (Å²) in [7, 11) is -3.68. The molecule has 1 atom stereocenters. The van der Waals surface area contributed by atoms with Crippen LogP contribution in [0, 0.1) is 0 Å². The molecule has 4 nitrogen and oxygen atoms in total. The Bertz CT molecular complexity index is 171. The molecule has 0 rings (SSSR count). The van der Waals surface area contributed by atoms with Crippen LogP contribution in [0.15, 0.2) is 0 Å². The quantitative estimate of drug-likeness (QED) is 0.516. The molecule has 0 aliphatic rings. The Hall–Kier alpha value is -0.420. The third kappa shape index (κ3) is 2.04. The smallest absolute Gasteiger partial charge is 0.219 e. The van der Waals surface area contributed by atoms with E-state index in [-0.39, 0.29) is 0 Å². The summed E-state index contributed by atoms with van der Waals surface area (Å²) in [6.45, 7) is 1.17. The van der Waals surface area contributed by atoms with Gasteiger partial charge in [0, 0.05) is 0 Å². The van der Waals surface area contributed by atoms with Crippen LogP contribution in [-0.2, 0) is 14.8 Å². The zero-order valence-corrected chi connectivity index (χ0v) is 5.10. The molecule has 5 heteroatoms. The van der Waals surface area contributed by atoms with Gasteiger partial charge in [-0.15, -0.1) is 0 Å². The van der Waals surface area contributed by atoms with E-state index in [0.29, 0.717) is 0 Å². The van der Waals surface area contributed by atoms with Crippen molar-refractivity contribution >= 4 is 16.3 Å². The molecule has 0 aromatic heterocycles. The molecule has 2 N–H and O–H groups in total. The number of hydrogen-bond acceptors (Lipinski definition) is 3. The van der Waals surface area contributed by atoms with Crippen LogP contribution in [0.5, 0.6) is 0 Å². The van der Waals surface area contributed by atoms with Gasteiger partial charge >= 0.3 is 0 Å². The minimum Gasteiger partial charge on any atom is -0.289 e. The van der Waals surface area contributed by atoms with Crippen molar-refractivity contribution in [1.82, 2.24) is 0 Å². The van der Waals surface area contributed by atoms with Crippen molar-refractivity contribution in [2.75, 3.05) is 0 Å². The van der Waals surface area contributed by atoms with Crippen molar-refractivity contribution in [2.45, 2.75) is 12.2 Å². The van der Waals surface area contributed by atoms with Gasteiger partial charge in [0.1, 0.15) is 5.25 Å². The van der Waals surface area contributed by atoms with Crippen molar-refractivity contribution in [2.24, 2.45) is 5.14 Å². The molecule has 0 saturated carbocycles. The van der Waals surface area contributed by atoms with E-state index < -0.39 is 15.3 Å². The first-order valence-electron chi connectivity index (χ1n) is 1.87. The minimum absolute atomic E-state index is 1.17. The Labute approximate surface area is 47.7 Å². The maximum absolute atomic E-state index is 10.1. The SMILES string of the molecule is CC([C]=O)S(N)(=O)=O. The van der Waals surface area contributed by atoms with Gasteiger partial charge in [0.15, 0.2) is 0 Å². The lowest BCUT2D eigenvalue weighted by atomic mass is 10.5. The van der Waals surface area contributed by atoms with Gasteiger partial charge in [-0.1, -0.05) is 0 Å². The average molecular weight is 136 g/mol. The molecule has 0 spiro atoms. The summed E-state index contributed by atoms with van der Waals surface area (Å²) >= 11 is 0. The predicted molar refractivity (Wildman–Crippen MR) is 28.3 cm³/mol. The molecule has 0 aliphatic heterocycles. The van der Waals surface area contributed by atoms with E-state index >= 15 is 0 Å². The maximum atomic E-state index is 10.1. The molecule has 1 radical (unpaired) electrons. The Balaban J connectivity index is 4.26. The molecule has 0 amide bonds. The van der Waals surface area contributed by atoms with E-state index in [2.05, 4.69) is 5.14 Å². The molecule has 0 heterocycles. The summed E-state index contributed by atoms with van der Waals surface area (Å²) in [5, 5.41) is 3.29. The van der Waals surface area contributed by atoms with Crippen LogP contribution in [0.25, 0.3) is 0 Å². The van der Waals surface area contributed by atoms with Gasteiger partial charge in [0.25, 0.3) is 0 Å². The topological polar surface area (TPSA) is 77.2 Å². The van der Waals surface area contributed by atoms with Crippen molar-refractivity contribution in [1.29, 1.82) is 0 Å². The second-order valence-corrected chi connectivity index (χ2v) is 3.23. The van der Waals surface area contributed by atoms with E-state index in [0.717, 1.165) is 0 Å². The van der Waals surface area contributed by atoms with Gasteiger partial charge in [0.05, 0.1) is 0 Å². The molecule has 0 aliphatic carbocycles. The summed E-state index contributed by atoms with van der Waals surface area (Å²) in [5.74, 6) is 0. The monoisotopic (exact) mass is 136 g/mol. The van der Waals surface area contributed by atoms with Gasteiger partial charge < -0.3 is 0 Å². The van der Waals surface area contributed by atoms with E-state index in [4.69, 9.17) is 0 Å². The lowest BCUT2D eigenvalue weighted by Gasteiger charge is -1.94. The molecule has 0 saturated heterocycles. The van der Waals surface area contributed by atoms with Crippen molar-refractivity contribution in [3.63, 3.8) is 0 Å². The predicted octanol–water partition coefficient (Wildman–Crippen LogP) is -1.23. The van der Waals surface area contributed by atoms with Crippen LogP contribution in [-0.4, -0.2) is 20.0 Å². The van der Waals surface area contributed by atoms with Crippen LogP contribution >= 0.6 is 0 Å². The number of carbonyl (C=O) groups excluding carboxylic acids is 1. The fraction of sp³-hybridized carbons (Fsp3) is 0.667. The molecule has 8 heavy (non-hydrogen) atoms. The Morgan fingerprint density at radius 2 is 2.00 bits per heavy atom. The second kappa shape index (κ2) is 2.23. The number of primary sulfonamides is 1. The van der Waals surface area contributed by atoms with E-state index in [1.807, 2.05) is 0 Å². The lowest BCUT2D eigenvalue weighted by Crippen LogP contribution is -2.26. The average Bonchev–Trinajstić information content (AvgIpc) is 1.62. The first kappa shape index (κ1) is 7.58. The van der Waals surface area contributed by atoms with Gasteiger partial charge in [-0.3, -0.25) is 4.79 Å². The van der Waals surface area contributed by atoms with Crippen LogP contribution < -0.4 is 5.14 Å². The van der Waals surface area contributed by atoms with Gasteiger partial charge in [-0.2, -0.15) is 0 Å². The summed E-state index contributed by atoms with van der Waals surface area (Å²) in [6.07, 6.45) is 1.24. The number of rotatable bonds is 2. The van der Waals surface area contributed by atoms with Gasteiger partial charge in [-0.05, 0) is 6.92 Å². The first-order valence-corrected chi connectivity index (χ1v) is 3.48. The molecule has 0 fully saturated rings. The van der Waals surface area contributed by atoms with E-state index in [1.165, 1.54) is 13.2 Å². The number of sulfonamides is 1. The van der Waals surface area contributed by atoms with Crippen molar-refractivity contribution in [3.05, 3.63) is 0 Å². The van der Waals surface area contributed by atoms with Crippen LogP contribution in [0.4, 0.5) is 0 Å². The van der Waals surface area contributed by atoms with Crippen LogP contribution in [0.3, 0.4) is 0 Å². The Kier molecular flexibility index (Phi) is 2.12. The fourth-order valence-electron chi connectivity index (χ4n) is 0.0671. The number of hydrogen-bond donors (Lipinski definition) is 1. The maximum Gasteiger partial charge on any atom is 0.219 e. The molecular weight excluding hydrogens is 130 g/mol. The molecule has 0 aromatic carbocycles.